The Morgan fingerprint density at radius 1 is 1.19 bits per heavy atom. The lowest BCUT2D eigenvalue weighted by atomic mass is 9.89. The Morgan fingerprint density at radius 2 is 1.92 bits per heavy atom. The maximum Gasteiger partial charge on any atom is 0.411 e. The number of allylic oxidation sites excluding steroid dienone is 6. The smallest absolute Gasteiger partial charge is 0.411 e. The normalized spacial score (nSPS) is 19.1. The summed E-state index contributed by atoms with van der Waals surface area (Å²) in [6.45, 7) is 16.0. The van der Waals surface area contributed by atoms with E-state index in [9.17, 15) is 14.4 Å². The SMILES string of the molecule is C\C=C/C(C)=C(F)\C(=C(\C)CC)C(C)CCN(C(=O)C(C)CC)C1CCCC(C)C(=O)Nc2cc(NC(=O)OC)ccc2-c2cnc1[nH]2. The van der Waals surface area contributed by atoms with E-state index in [0.717, 1.165) is 12.0 Å². The summed E-state index contributed by atoms with van der Waals surface area (Å²) in [5.74, 6) is -0.274. The van der Waals surface area contributed by atoms with Gasteiger partial charge in [-0.25, -0.2) is 14.2 Å². The highest BCUT2D eigenvalue weighted by Gasteiger charge is 2.32. The van der Waals surface area contributed by atoms with Gasteiger partial charge in [0.15, 0.2) is 0 Å². The lowest BCUT2D eigenvalue weighted by molar-refractivity contribution is -0.138. The summed E-state index contributed by atoms with van der Waals surface area (Å²) in [4.78, 5) is 49.5. The molecule has 3 amide bonds. The minimum atomic E-state index is -0.617. The molecule has 0 fully saturated rings. The molecule has 1 aromatic carbocycles. The fraction of sp³-hybridized carbons (Fsp3) is 0.526. The number of hydrogen-bond donors (Lipinski definition) is 3. The molecule has 0 spiro atoms. The average Bonchev–Trinajstić information content (AvgIpc) is 3.56. The number of rotatable bonds is 11. The van der Waals surface area contributed by atoms with Crippen LogP contribution in [0, 0.1) is 17.8 Å². The summed E-state index contributed by atoms with van der Waals surface area (Å²) in [5, 5.41) is 5.68. The summed E-state index contributed by atoms with van der Waals surface area (Å²) in [5.41, 5.74) is 4.65. The second-order valence-corrected chi connectivity index (χ2v) is 13.0. The van der Waals surface area contributed by atoms with Crippen LogP contribution in [0.1, 0.15) is 106 Å². The highest BCUT2D eigenvalue weighted by Crippen LogP contribution is 2.36. The minimum absolute atomic E-state index is 0.0308. The van der Waals surface area contributed by atoms with E-state index in [-0.39, 0.29) is 41.4 Å². The van der Waals surface area contributed by atoms with E-state index in [1.807, 2.05) is 59.4 Å². The summed E-state index contributed by atoms with van der Waals surface area (Å²) < 4.78 is 20.6. The number of aromatic nitrogens is 2. The lowest BCUT2D eigenvalue weighted by Gasteiger charge is -2.34. The van der Waals surface area contributed by atoms with Crippen LogP contribution in [0.4, 0.5) is 20.6 Å². The molecule has 0 saturated carbocycles. The molecule has 1 aliphatic heterocycles. The third-order valence-corrected chi connectivity index (χ3v) is 9.45. The Labute approximate surface area is 285 Å². The van der Waals surface area contributed by atoms with Gasteiger partial charge >= 0.3 is 6.09 Å². The molecule has 2 heterocycles. The van der Waals surface area contributed by atoms with Crippen LogP contribution < -0.4 is 10.6 Å². The molecule has 0 aliphatic carbocycles. The highest BCUT2D eigenvalue weighted by atomic mass is 19.1. The molecular weight excluding hydrogens is 609 g/mol. The van der Waals surface area contributed by atoms with Crippen molar-refractivity contribution in [2.75, 3.05) is 24.3 Å². The van der Waals surface area contributed by atoms with Crippen molar-refractivity contribution in [3.8, 4) is 11.3 Å². The van der Waals surface area contributed by atoms with E-state index in [2.05, 4.69) is 15.6 Å². The molecule has 3 N–H and O–H groups in total. The second-order valence-electron chi connectivity index (χ2n) is 13.0. The topological polar surface area (TPSA) is 116 Å². The molecule has 1 aromatic heterocycles. The van der Waals surface area contributed by atoms with Gasteiger partial charge in [0.05, 0.1) is 30.7 Å². The minimum Gasteiger partial charge on any atom is -0.453 e. The van der Waals surface area contributed by atoms with E-state index < -0.39 is 6.09 Å². The molecule has 262 valence electrons. The van der Waals surface area contributed by atoms with Gasteiger partial charge in [-0.15, -0.1) is 0 Å². The number of fused-ring (bicyclic) bond motifs is 4. The van der Waals surface area contributed by atoms with E-state index in [1.165, 1.54) is 7.11 Å². The van der Waals surface area contributed by atoms with Gasteiger partial charge in [0.25, 0.3) is 0 Å². The van der Waals surface area contributed by atoms with Gasteiger partial charge in [-0.3, -0.25) is 14.9 Å². The first-order valence-corrected chi connectivity index (χ1v) is 17.2. The van der Waals surface area contributed by atoms with Crippen molar-refractivity contribution >= 4 is 29.3 Å². The molecular formula is C38H54FN5O4. The van der Waals surface area contributed by atoms with Gasteiger partial charge < -0.3 is 19.9 Å². The summed E-state index contributed by atoms with van der Waals surface area (Å²) in [6, 6.07) is 4.85. The molecule has 3 rings (SSSR count). The van der Waals surface area contributed by atoms with Crippen molar-refractivity contribution in [2.24, 2.45) is 17.8 Å². The van der Waals surface area contributed by atoms with Crippen LogP contribution in [-0.4, -0.2) is 46.4 Å². The molecule has 48 heavy (non-hydrogen) atoms. The molecule has 0 radical (unpaired) electrons. The lowest BCUT2D eigenvalue weighted by Crippen LogP contribution is -2.40. The zero-order valence-electron chi connectivity index (χ0n) is 30.1. The zero-order valence-corrected chi connectivity index (χ0v) is 30.1. The Balaban J connectivity index is 2.07. The quantitative estimate of drug-likeness (QED) is 0.207. The number of carbonyl (C=O) groups excluding carboxylic acids is 3. The van der Waals surface area contributed by atoms with E-state index in [0.29, 0.717) is 78.3 Å². The van der Waals surface area contributed by atoms with Crippen LogP contribution in [0.2, 0.25) is 0 Å². The number of halogens is 1. The van der Waals surface area contributed by atoms with E-state index in [1.54, 1.807) is 37.4 Å². The van der Waals surface area contributed by atoms with Gasteiger partial charge in [-0.1, -0.05) is 58.8 Å². The number of H-pyrrole nitrogens is 1. The number of carbonyl (C=O) groups is 3. The number of hydrogen-bond acceptors (Lipinski definition) is 5. The first-order chi connectivity index (χ1) is 22.9. The summed E-state index contributed by atoms with van der Waals surface area (Å²) in [6.07, 6.45) is 8.63. The zero-order chi connectivity index (χ0) is 35.5. The van der Waals surface area contributed by atoms with Gasteiger partial charge in [0.1, 0.15) is 11.7 Å². The van der Waals surface area contributed by atoms with Crippen molar-refractivity contribution in [1.82, 2.24) is 14.9 Å². The molecule has 9 nitrogen and oxygen atoms in total. The van der Waals surface area contributed by atoms with Crippen LogP contribution >= 0.6 is 0 Å². The standard InChI is InChI=1S/C38H54FN5O4/c1-10-14-26(7)34(39)33(23(4)11-2)25(6)19-20-44(37(46)24(5)12-3)32-16-13-15-27(8)36(45)43-30-21-28(41-38(47)48-9)17-18-29(30)31-22-40-35(32)42-31/h10,14,17-18,21-22,24-25,27,32H,11-13,15-16,19-20H2,1-9H3,(H,40,42)(H,41,47)(H,43,45)/b14-10-,33-23-,34-26+. The maximum absolute atomic E-state index is 15.8. The number of nitrogens with one attached hydrogen (secondary N) is 3. The molecule has 0 saturated heterocycles. The van der Waals surface area contributed by atoms with Gasteiger partial charge in [0, 0.05) is 29.6 Å². The maximum atomic E-state index is 15.8. The first kappa shape index (κ1) is 38.2. The molecule has 2 aromatic rings. The third-order valence-electron chi connectivity index (χ3n) is 9.45. The van der Waals surface area contributed by atoms with Crippen molar-refractivity contribution < 1.29 is 23.5 Å². The number of nitrogens with zero attached hydrogens (tertiary/aromatic N) is 2. The van der Waals surface area contributed by atoms with Crippen LogP contribution in [0.3, 0.4) is 0 Å². The number of benzene rings is 1. The number of amides is 3. The number of methoxy groups -OCH3 is 1. The summed E-state index contributed by atoms with van der Waals surface area (Å²) >= 11 is 0. The number of anilines is 2. The van der Waals surface area contributed by atoms with E-state index in [4.69, 9.17) is 9.72 Å². The molecule has 1 aliphatic rings. The van der Waals surface area contributed by atoms with E-state index >= 15 is 4.39 Å². The fourth-order valence-electron chi connectivity index (χ4n) is 6.12. The van der Waals surface area contributed by atoms with Crippen LogP contribution in [0.5, 0.6) is 0 Å². The van der Waals surface area contributed by atoms with Crippen LogP contribution in [0.15, 0.2) is 59.1 Å². The summed E-state index contributed by atoms with van der Waals surface area (Å²) in [7, 11) is 1.29. The number of aromatic amines is 1. The predicted molar refractivity (Wildman–Crippen MR) is 191 cm³/mol. The second kappa shape index (κ2) is 17.8. The highest BCUT2D eigenvalue weighted by molar-refractivity contribution is 5.98. The van der Waals surface area contributed by atoms with Crippen molar-refractivity contribution in [3.05, 3.63) is 64.9 Å². The molecule has 4 atom stereocenters. The number of imidazole rings is 1. The Bertz CT molecular complexity index is 1540. The Morgan fingerprint density at radius 3 is 2.56 bits per heavy atom. The monoisotopic (exact) mass is 663 g/mol. The largest absolute Gasteiger partial charge is 0.453 e. The van der Waals surface area contributed by atoms with Crippen molar-refractivity contribution in [3.63, 3.8) is 0 Å². The van der Waals surface area contributed by atoms with Gasteiger partial charge in [0.2, 0.25) is 11.8 Å². The Hall–Kier alpha value is -4.21. The van der Waals surface area contributed by atoms with Crippen LogP contribution in [-0.2, 0) is 14.3 Å². The predicted octanol–water partition coefficient (Wildman–Crippen LogP) is 9.50. The first-order valence-electron chi connectivity index (χ1n) is 17.2. The van der Waals surface area contributed by atoms with Gasteiger partial charge in [-0.05, 0) is 88.1 Å². The van der Waals surface area contributed by atoms with Crippen molar-refractivity contribution in [2.45, 2.75) is 100.0 Å². The van der Waals surface area contributed by atoms with Gasteiger partial charge in [-0.2, -0.15) is 0 Å². The molecule has 4 unspecified atom stereocenters. The average molecular weight is 664 g/mol. The fourth-order valence-corrected chi connectivity index (χ4v) is 6.12. The Kier molecular flexibility index (Phi) is 14.2. The van der Waals surface area contributed by atoms with Crippen LogP contribution in [0.25, 0.3) is 11.3 Å². The van der Waals surface area contributed by atoms with Crippen molar-refractivity contribution in [1.29, 1.82) is 0 Å². The molecule has 2 bridgehead atoms. The number of ether oxygens (including phenoxy) is 1. The third kappa shape index (κ3) is 9.45. The molecule has 10 heteroatoms.